The highest BCUT2D eigenvalue weighted by atomic mass is 32.2. The summed E-state index contributed by atoms with van der Waals surface area (Å²) in [5.74, 6) is -0.631. The predicted molar refractivity (Wildman–Crippen MR) is 78.8 cm³/mol. The number of rotatable bonds is 3. The maximum Gasteiger partial charge on any atom is 0.243 e. The number of nitrogens with zero attached hydrogens (tertiary/aromatic N) is 1. The molecule has 1 aromatic carbocycles. The second-order valence-corrected chi connectivity index (χ2v) is 7.56. The molecule has 22 heavy (non-hydrogen) atoms. The first-order valence-corrected chi connectivity index (χ1v) is 8.95. The van der Waals surface area contributed by atoms with Gasteiger partial charge in [0.2, 0.25) is 10.0 Å². The topological polar surface area (TPSA) is 55.8 Å². The normalized spacial score (nSPS) is 26.5. The molecule has 1 saturated heterocycles. The molecule has 1 aromatic rings. The van der Waals surface area contributed by atoms with Crippen LogP contribution in [0.15, 0.2) is 23.1 Å². The lowest BCUT2D eigenvalue weighted by Gasteiger charge is -2.42. The predicted octanol–water partition coefficient (Wildman–Crippen LogP) is 2.17. The summed E-state index contributed by atoms with van der Waals surface area (Å²) in [6, 6.07) is 3.63. The van der Waals surface area contributed by atoms with E-state index in [0.29, 0.717) is 13.2 Å². The van der Waals surface area contributed by atoms with Crippen LogP contribution in [0.5, 0.6) is 5.75 Å². The van der Waals surface area contributed by atoms with Crippen LogP contribution in [0.2, 0.25) is 0 Å². The first kappa shape index (κ1) is 15.7. The Kier molecular flexibility index (Phi) is 4.38. The van der Waals surface area contributed by atoms with Gasteiger partial charge in [-0.3, -0.25) is 0 Å². The number of fused-ring (bicyclic) bond motifs is 1. The minimum atomic E-state index is -3.72. The number of hydrogen-bond donors (Lipinski definition) is 0. The second kappa shape index (κ2) is 6.14. The van der Waals surface area contributed by atoms with Crippen molar-refractivity contribution in [3.8, 4) is 5.75 Å². The van der Waals surface area contributed by atoms with Crippen molar-refractivity contribution in [1.29, 1.82) is 0 Å². The van der Waals surface area contributed by atoms with E-state index in [1.54, 1.807) is 0 Å². The van der Waals surface area contributed by atoms with Crippen LogP contribution in [0.1, 0.15) is 25.7 Å². The average molecular weight is 329 g/mol. The Balaban J connectivity index is 1.92. The second-order valence-electron chi connectivity index (χ2n) is 5.67. The summed E-state index contributed by atoms with van der Waals surface area (Å²) in [6.07, 6.45) is 3.69. The van der Waals surface area contributed by atoms with Crippen LogP contribution in [0.25, 0.3) is 0 Å². The lowest BCUT2D eigenvalue weighted by atomic mass is 9.91. The van der Waals surface area contributed by atoms with Gasteiger partial charge in [-0.05, 0) is 31.0 Å². The smallest absolute Gasteiger partial charge is 0.243 e. The SMILES string of the molecule is COc1ccc(S(=O)(=O)N2CCO[C@@H]3CCCC[C@H]32)cc1F. The van der Waals surface area contributed by atoms with Crippen molar-refractivity contribution in [3.63, 3.8) is 0 Å². The summed E-state index contributed by atoms with van der Waals surface area (Å²) in [6.45, 7) is 0.705. The molecule has 1 aliphatic heterocycles. The third kappa shape index (κ3) is 2.73. The molecule has 2 aliphatic rings. The summed E-state index contributed by atoms with van der Waals surface area (Å²) >= 11 is 0. The van der Waals surface area contributed by atoms with E-state index in [2.05, 4.69) is 0 Å². The van der Waals surface area contributed by atoms with Gasteiger partial charge in [0.15, 0.2) is 11.6 Å². The number of methoxy groups -OCH3 is 1. The molecule has 1 saturated carbocycles. The monoisotopic (exact) mass is 329 g/mol. The Morgan fingerprint density at radius 3 is 2.82 bits per heavy atom. The van der Waals surface area contributed by atoms with Crippen molar-refractivity contribution in [1.82, 2.24) is 4.31 Å². The Morgan fingerprint density at radius 1 is 1.32 bits per heavy atom. The largest absolute Gasteiger partial charge is 0.494 e. The van der Waals surface area contributed by atoms with Crippen LogP contribution < -0.4 is 4.74 Å². The molecule has 2 atom stereocenters. The highest BCUT2D eigenvalue weighted by Gasteiger charge is 2.41. The third-order valence-electron chi connectivity index (χ3n) is 4.41. The van der Waals surface area contributed by atoms with Crippen LogP contribution in [0, 0.1) is 5.82 Å². The third-order valence-corrected chi connectivity index (χ3v) is 6.33. The van der Waals surface area contributed by atoms with E-state index in [1.165, 1.54) is 23.5 Å². The van der Waals surface area contributed by atoms with E-state index in [-0.39, 0.29) is 22.8 Å². The molecule has 0 N–H and O–H groups in total. The first-order valence-electron chi connectivity index (χ1n) is 7.51. The maximum absolute atomic E-state index is 13.8. The summed E-state index contributed by atoms with van der Waals surface area (Å²) in [7, 11) is -2.37. The van der Waals surface area contributed by atoms with Crippen molar-refractivity contribution in [2.75, 3.05) is 20.3 Å². The zero-order valence-electron chi connectivity index (χ0n) is 12.5. The van der Waals surface area contributed by atoms with E-state index in [4.69, 9.17) is 9.47 Å². The van der Waals surface area contributed by atoms with Crippen LogP contribution in [-0.4, -0.2) is 45.1 Å². The van der Waals surface area contributed by atoms with Crippen LogP contribution in [0.4, 0.5) is 4.39 Å². The molecule has 7 heteroatoms. The molecule has 122 valence electrons. The summed E-state index contributed by atoms with van der Waals surface area (Å²) in [5.41, 5.74) is 0. The zero-order chi connectivity index (χ0) is 15.7. The minimum absolute atomic E-state index is 0.0305. The highest BCUT2D eigenvalue weighted by Crippen LogP contribution is 2.33. The van der Waals surface area contributed by atoms with Gasteiger partial charge in [0, 0.05) is 6.54 Å². The van der Waals surface area contributed by atoms with E-state index in [1.807, 2.05) is 0 Å². The summed E-state index contributed by atoms with van der Waals surface area (Å²) < 4.78 is 51.6. The number of ether oxygens (including phenoxy) is 2. The first-order chi connectivity index (χ1) is 10.5. The van der Waals surface area contributed by atoms with E-state index < -0.39 is 15.8 Å². The molecule has 5 nitrogen and oxygen atoms in total. The molecule has 0 amide bonds. The quantitative estimate of drug-likeness (QED) is 0.853. The molecule has 0 aromatic heterocycles. The van der Waals surface area contributed by atoms with Gasteiger partial charge in [0.25, 0.3) is 0 Å². The number of halogens is 1. The van der Waals surface area contributed by atoms with E-state index >= 15 is 0 Å². The molecule has 3 rings (SSSR count). The molecule has 0 bridgehead atoms. The van der Waals surface area contributed by atoms with Gasteiger partial charge in [-0.25, -0.2) is 12.8 Å². The molecule has 0 unspecified atom stereocenters. The Bertz CT molecular complexity index is 647. The fourth-order valence-corrected chi connectivity index (χ4v) is 4.98. The summed E-state index contributed by atoms with van der Waals surface area (Å²) in [4.78, 5) is -0.0305. The number of hydrogen-bond acceptors (Lipinski definition) is 4. The van der Waals surface area contributed by atoms with Gasteiger partial charge in [-0.1, -0.05) is 12.8 Å². The van der Waals surface area contributed by atoms with Crippen molar-refractivity contribution < 1.29 is 22.3 Å². The van der Waals surface area contributed by atoms with Crippen molar-refractivity contribution in [3.05, 3.63) is 24.0 Å². The Morgan fingerprint density at radius 2 is 2.09 bits per heavy atom. The van der Waals surface area contributed by atoms with E-state index in [9.17, 15) is 12.8 Å². The lowest BCUT2D eigenvalue weighted by molar-refractivity contribution is -0.0586. The molecular weight excluding hydrogens is 309 g/mol. The molecule has 0 radical (unpaired) electrons. The van der Waals surface area contributed by atoms with Crippen molar-refractivity contribution in [2.24, 2.45) is 0 Å². The van der Waals surface area contributed by atoms with Gasteiger partial charge >= 0.3 is 0 Å². The minimum Gasteiger partial charge on any atom is -0.494 e. The molecule has 1 aliphatic carbocycles. The number of benzene rings is 1. The Hall–Kier alpha value is -1.18. The zero-order valence-corrected chi connectivity index (χ0v) is 13.3. The summed E-state index contributed by atoms with van der Waals surface area (Å²) in [5, 5.41) is 0. The Labute approximate surface area is 130 Å². The number of sulfonamides is 1. The van der Waals surface area contributed by atoms with Crippen LogP contribution >= 0.6 is 0 Å². The fourth-order valence-electron chi connectivity index (χ4n) is 3.30. The van der Waals surface area contributed by atoms with Crippen molar-refractivity contribution in [2.45, 2.75) is 42.7 Å². The maximum atomic E-state index is 13.8. The molecule has 2 fully saturated rings. The highest BCUT2D eigenvalue weighted by molar-refractivity contribution is 7.89. The van der Waals surface area contributed by atoms with Gasteiger partial charge in [-0.2, -0.15) is 4.31 Å². The number of morpholine rings is 1. The lowest BCUT2D eigenvalue weighted by Crippen LogP contribution is -2.54. The van der Waals surface area contributed by atoms with Gasteiger partial charge in [0.05, 0.1) is 30.8 Å². The fraction of sp³-hybridized carbons (Fsp3) is 0.600. The molecule has 1 heterocycles. The van der Waals surface area contributed by atoms with Crippen LogP contribution in [-0.2, 0) is 14.8 Å². The molecule has 0 spiro atoms. The van der Waals surface area contributed by atoms with Crippen LogP contribution in [0.3, 0.4) is 0 Å². The van der Waals surface area contributed by atoms with Gasteiger partial charge in [0.1, 0.15) is 0 Å². The molecular formula is C15H20FNO4S. The van der Waals surface area contributed by atoms with Crippen molar-refractivity contribution >= 4 is 10.0 Å². The average Bonchev–Trinajstić information content (AvgIpc) is 2.54. The van der Waals surface area contributed by atoms with Gasteiger partial charge in [-0.15, -0.1) is 0 Å². The van der Waals surface area contributed by atoms with Gasteiger partial charge < -0.3 is 9.47 Å². The van der Waals surface area contributed by atoms with E-state index in [0.717, 1.165) is 31.7 Å². The standard InChI is InChI=1S/C15H20FNO4S/c1-20-14-7-6-11(10-12(14)16)22(18,19)17-8-9-21-15-5-3-2-4-13(15)17/h6-7,10,13,15H,2-5,8-9H2,1H3/t13-,15-/m1/s1.